The molecular formula is C31H50N6O4. The van der Waals surface area contributed by atoms with Crippen molar-refractivity contribution in [1.29, 1.82) is 5.41 Å². The quantitative estimate of drug-likeness (QED) is 0.0691. The Kier molecular flexibility index (Phi) is 25.0. The van der Waals surface area contributed by atoms with Crippen LogP contribution in [-0.2, 0) is 14.3 Å². The highest BCUT2D eigenvalue weighted by atomic mass is 16.6. The van der Waals surface area contributed by atoms with Crippen LogP contribution in [0.15, 0.2) is 77.9 Å². The number of allylic oxidation sites excluding steroid dienone is 12. The summed E-state index contributed by atoms with van der Waals surface area (Å²) in [7, 11) is 3.26. The second-order valence-corrected chi connectivity index (χ2v) is 8.89. The zero-order chi connectivity index (χ0) is 30.4. The largest absolute Gasteiger partial charge is 0.447 e. The van der Waals surface area contributed by atoms with Crippen molar-refractivity contribution in [2.75, 3.05) is 40.5 Å². The van der Waals surface area contributed by atoms with Gasteiger partial charge in [-0.25, -0.2) is 4.79 Å². The molecule has 2 amide bonds. The zero-order valence-corrected chi connectivity index (χ0v) is 25.0. The second kappa shape index (κ2) is 27.6. The monoisotopic (exact) mass is 570 g/mol. The van der Waals surface area contributed by atoms with E-state index in [2.05, 4.69) is 89.4 Å². The molecule has 228 valence electrons. The number of guanidine groups is 2. The summed E-state index contributed by atoms with van der Waals surface area (Å²) in [4.78, 5) is 28.6. The Labute approximate surface area is 246 Å². The van der Waals surface area contributed by atoms with Gasteiger partial charge in [-0.05, 0) is 44.9 Å². The van der Waals surface area contributed by atoms with Crippen LogP contribution in [0.1, 0.15) is 58.3 Å². The van der Waals surface area contributed by atoms with Crippen LogP contribution >= 0.6 is 0 Å². The van der Waals surface area contributed by atoms with Gasteiger partial charge in [0.25, 0.3) is 0 Å². The molecule has 0 aromatic carbocycles. The van der Waals surface area contributed by atoms with E-state index in [0.29, 0.717) is 26.0 Å². The lowest BCUT2D eigenvalue weighted by molar-refractivity contribution is -0.121. The molecule has 0 heterocycles. The van der Waals surface area contributed by atoms with Gasteiger partial charge in [-0.1, -0.05) is 79.8 Å². The van der Waals surface area contributed by atoms with E-state index in [1.165, 1.54) is 4.90 Å². The number of alkyl carbamates (subject to hydrolysis) is 1. The summed E-state index contributed by atoms with van der Waals surface area (Å²) in [5.74, 6) is -0.381. The molecule has 0 rings (SSSR count). The third-order valence-corrected chi connectivity index (χ3v) is 5.04. The van der Waals surface area contributed by atoms with Crippen molar-refractivity contribution in [3.8, 4) is 0 Å². The first kappa shape index (κ1) is 37.1. The second-order valence-electron chi connectivity index (χ2n) is 8.89. The molecule has 0 aliphatic rings. The Bertz CT molecular complexity index is 933. The molecule has 0 atom stereocenters. The Morgan fingerprint density at radius 3 is 1.83 bits per heavy atom. The molecule has 0 aromatic rings. The average molecular weight is 571 g/mol. The highest BCUT2D eigenvalue weighted by Crippen LogP contribution is 1.98. The molecule has 0 radical (unpaired) electrons. The summed E-state index contributed by atoms with van der Waals surface area (Å²) in [5, 5.41) is 12.5. The van der Waals surface area contributed by atoms with Crippen molar-refractivity contribution in [3.63, 3.8) is 0 Å². The van der Waals surface area contributed by atoms with Gasteiger partial charge in [0.15, 0.2) is 0 Å². The standard InChI is InChI=1S/C31H50N6O4/c1-4-5-6-7-8-9-10-11-12-13-14-15-16-17-18-19-20-21-22-23-28(38)34-24-25-40-26-27-41-31(39)36-29(32)35-30(33)37(2)3/h5-6,8-9,11-12,14-15,17-18,20-21H,4,7,10,13,16,19,22-27H2,1-3H3,(H,34,38)(H4,32,33,35,36,39)/b6-5-,9-8-,12-11-,15-14-,18-17-,21-20-. The molecule has 41 heavy (non-hydrogen) atoms. The smallest absolute Gasteiger partial charge is 0.414 e. The third-order valence-electron chi connectivity index (χ3n) is 5.04. The molecule has 0 aliphatic carbocycles. The first-order valence-electron chi connectivity index (χ1n) is 14.1. The number of rotatable bonds is 20. The van der Waals surface area contributed by atoms with E-state index in [9.17, 15) is 9.59 Å². The SMILES string of the molecule is CC/C=C\C/C=C\C/C=C\C/C=C\C/C=C\C/C=C\CCC(=O)NCCOCCOC(=O)NC(N)=NC(=N)N(C)C. The highest BCUT2D eigenvalue weighted by molar-refractivity contribution is 5.99. The zero-order valence-electron chi connectivity index (χ0n) is 25.0. The minimum absolute atomic E-state index is 0.0148. The third kappa shape index (κ3) is 27.4. The molecule has 0 saturated heterocycles. The van der Waals surface area contributed by atoms with Crippen molar-refractivity contribution in [1.82, 2.24) is 15.5 Å². The van der Waals surface area contributed by atoms with Crippen LogP contribution in [0, 0.1) is 5.41 Å². The van der Waals surface area contributed by atoms with Gasteiger partial charge < -0.3 is 25.4 Å². The van der Waals surface area contributed by atoms with Gasteiger partial charge in [0.2, 0.25) is 17.8 Å². The summed E-state index contributed by atoms with van der Waals surface area (Å²) >= 11 is 0. The van der Waals surface area contributed by atoms with Gasteiger partial charge in [-0.15, -0.1) is 0 Å². The van der Waals surface area contributed by atoms with Crippen molar-refractivity contribution in [2.45, 2.75) is 58.3 Å². The summed E-state index contributed by atoms with van der Waals surface area (Å²) in [6.07, 6.45) is 32.0. The first-order chi connectivity index (χ1) is 19.9. The maximum Gasteiger partial charge on any atom is 0.414 e. The van der Waals surface area contributed by atoms with Crippen molar-refractivity contribution < 1.29 is 19.1 Å². The lowest BCUT2D eigenvalue weighted by Gasteiger charge is -2.10. The van der Waals surface area contributed by atoms with E-state index in [-0.39, 0.29) is 31.0 Å². The van der Waals surface area contributed by atoms with E-state index in [4.69, 9.17) is 20.6 Å². The molecule has 0 fully saturated rings. The van der Waals surface area contributed by atoms with Crippen LogP contribution in [0.4, 0.5) is 4.79 Å². The molecule has 10 nitrogen and oxygen atoms in total. The van der Waals surface area contributed by atoms with Crippen LogP contribution in [0.3, 0.4) is 0 Å². The number of nitrogens with one attached hydrogen (secondary N) is 3. The van der Waals surface area contributed by atoms with E-state index in [1.807, 2.05) is 6.08 Å². The number of nitrogens with two attached hydrogens (primary N) is 1. The predicted octanol–water partition coefficient (Wildman–Crippen LogP) is 5.13. The average Bonchev–Trinajstić information content (AvgIpc) is 2.93. The van der Waals surface area contributed by atoms with Crippen molar-refractivity contribution >= 4 is 23.9 Å². The van der Waals surface area contributed by atoms with E-state index < -0.39 is 6.09 Å². The van der Waals surface area contributed by atoms with Crippen molar-refractivity contribution in [2.24, 2.45) is 10.7 Å². The van der Waals surface area contributed by atoms with Gasteiger partial charge in [0.05, 0.1) is 13.2 Å². The Hall–Kier alpha value is -3.92. The normalized spacial score (nSPS) is 12.5. The highest BCUT2D eigenvalue weighted by Gasteiger charge is 2.05. The van der Waals surface area contributed by atoms with Gasteiger partial charge in [0, 0.05) is 27.1 Å². The number of carbonyl (C=O) groups excluding carboxylic acids is 2. The lowest BCUT2D eigenvalue weighted by atomic mass is 10.2. The molecule has 0 aromatic heterocycles. The van der Waals surface area contributed by atoms with Crippen LogP contribution in [-0.4, -0.2) is 69.3 Å². The number of hydrogen-bond donors (Lipinski definition) is 4. The van der Waals surface area contributed by atoms with Crippen LogP contribution in [0.5, 0.6) is 0 Å². The molecule has 5 N–H and O–H groups in total. The Morgan fingerprint density at radius 2 is 1.32 bits per heavy atom. The summed E-state index contributed by atoms with van der Waals surface area (Å²) < 4.78 is 10.2. The summed E-state index contributed by atoms with van der Waals surface area (Å²) in [5.41, 5.74) is 5.51. The molecule has 0 bridgehead atoms. The fourth-order valence-corrected chi connectivity index (χ4v) is 2.88. The number of amides is 2. The number of carbonyl (C=O) groups is 2. The van der Waals surface area contributed by atoms with Crippen molar-refractivity contribution in [3.05, 3.63) is 72.9 Å². The van der Waals surface area contributed by atoms with Gasteiger partial charge in [0.1, 0.15) is 6.61 Å². The summed E-state index contributed by atoms with van der Waals surface area (Å²) in [6, 6.07) is 0. The maximum absolute atomic E-state index is 11.9. The number of hydrogen-bond acceptors (Lipinski definition) is 5. The lowest BCUT2D eigenvalue weighted by Crippen LogP contribution is -2.39. The van der Waals surface area contributed by atoms with Gasteiger partial charge >= 0.3 is 6.09 Å². The number of aliphatic imine (C=N–C) groups is 1. The van der Waals surface area contributed by atoms with Gasteiger partial charge in [-0.3, -0.25) is 15.5 Å². The van der Waals surface area contributed by atoms with Gasteiger partial charge in [-0.2, -0.15) is 4.99 Å². The molecule has 0 spiro atoms. The predicted molar refractivity (Wildman–Crippen MR) is 169 cm³/mol. The molecular weight excluding hydrogens is 520 g/mol. The minimum Gasteiger partial charge on any atom is -0.447 e. The topological polar surface area (TPSA) is 142 Å². The molecule has 0 aliphatic heterocycles. The first-order valence-corrected chi connectivity index (χ1v) is 14.1. The fraction of sp³-hybridized carbons (Fsp3) is 0.484. The fourth-order valence-electron chi connectivity index (χ4n) is 2.88. The summed E-state index contributed by atoms with van der Waals surface area (Å²) in [6.45, 7) is 3.01. The van der Waals surface area contributed by atoms with E-state index in [0.717, 1.165) is 38.5 Å². The van der Waals surface area contributed by atoms with Crippen LogP contribution < -0.4 is 16.4 Å². The molecule has 0 unspecified atom stereocenters. The minimum atomic E-state index is -0.788. The van der Waals surface area contributed by atoms with E-state index >= 15 is 0 Å². The maximum atomic E-state index is 11.9. The Morgan fingerprint density at radius 1 is 0.805 bits per heavy atom. The molecule has 10 heteroatoms. The van der Waals surface area contributed by atoms with E-state index in [1.54, 1.807) is 14.1 Å². The Balaban J connectivity index is 3.66. The number of ether oxygens (including phenoxy) is 2. The number of nitrogens with zero attached hydrogens (tertiary/aromatic N) is 2. The van der Waals surface area contributed by atoms with Crippen LogP contribution in [0.2, 0.25) is 0 Å². The van der Waals surface area contributed by atoms with Crippen LogP contribution in [0.25, 0.3) is 0 Å². The molecule has 0 saturated carbocycles.